The van der Waals surface area contributed by atoms with E-state index in [-0.39, 0.29) is 37.5 Å². The van der Waals surface area contributed by atoms with Crippen molar-refractivity contribution in [1.29, 1.82) is 0 Å². The minimum Gasteiger partial charge on any atom is -0.314 e. The quantitative estimate of drug-likeness (QED) is 0.840. The topological polar surface area (TPSA) is 28.2 Å². The Balaban J connectivity index is 0.00000144. The summed E-state index contributed by atoms with van der Waals surface area (Å²) < 4.78 is 13.9. The first-order chi connectivity index (χ1) is 7.81. The maximum atomic E-state index is 13.1. The Bertz CT molecular complexity index is 334. The molecular formula is C11H17BrCl2FN3. The van der Waals surface area contributed by atoms with Gasteiger partial charge in [-0.2, -0.15) is 0 Å². The SMILES string of the molecule is Cl.Cl.FC[C@H](c1ccc(Br)nc1)N1CCNCC1. The van der Waals surface area contributed by atoms with Crippen molar-refractivity contribution >= 4 is 40.7 Å². The monoisotopic (exact) mass is 359 g/mol. The highest BCUT2D eigenvalue weighted by molar-refractivity contribution is 9.10. The molecule has 1 aliphatic rings. The van der Waals surface area contributed by atoms with Crippen molar-refractivity contribution in [2.45, 2.75) is 6.04 Å². The molecule has 104 valence electrons. The van der Waals surface area contributed by atoms with E-state index in [4.69, 9.17) is 0 Å². The molecule has 18 heavy (non-hydrogen) atoms. The predicted molar refractivity (Wildman–Crippen MR) is 79.6 cm³/mol. The van der Waals surface area contributed by atoms with E-state index < -0.39 is 0 Å². The van der Waals surface area contributed by atoms with E-state index in [0.717, 1.165) is 36.3 Å². The van der Waals surface area contributed by atoms with Crippen LogP contribution in [0.25, 0.3) is 0 Å². The number of rotatable bonds is 3. The fraction of sp³-hybridized carbons (Fsp3) is 0.545. The first-order valence-electron chi connectivity index (χ1n) is 5.43. The Labute approximate surface area is 127 Å². The van der Waals surface area contributed by atoms with Crippen LogP contribution in [0.3, 0.4) is 0 Å². The molecule has 1 fully saturated rings. The Morgan fingerprint density at radius 2 is 2.00 bits per heavy atom. The molecule has 0 saturated carbocycles. The van der Waals surface area contributed by atoms with Gasteiger partial charge >= 0.3 is 0 Å². The summed E-state index contributed by atoms with van der Waals surface area (Å²) in [6, 6.07) is 3.64. The van der Waals surface area contributed by atoms with Gasteiger partial charge in [0.1, 0.15) is 11.3 Å². The molecule has 7 heteroatoms. The fourth-order valence-corrected chi connectivity index (χ4v) is 2.21. The second-order valence-electron chi connectivity index (χ2n) is 3.87. The summed E-state index contributed by atoms with van der Waals surface area (Å²) in [7, 11) is 0. The third kappa shape index (κ3) is 4.63. The molecule has 3 nitrogen and oxygen atoms in total. The minimum absolute atomic E-state index is 0. The first-order valence-corrected chi connectivity index (χ1v) is 6.23. The smallest absolute Gasteiger partial charge is 0.109 e. The Kier molecular flexibility index (Phi) is 9.07. The van der Waals surface area contributed by atoms with Gasteiger partial charge in [0, 0.05) is 32.4 Å². The van der Waals surface area contributed by atoms with E-state index in [1.165, 1.54) is 0 Å². The van der Waals surface area contributed by atoms with Gasteiger partial charge in [-0.05, 0) is 27.6 Å². The van der Waals surface area contributed by atoms with Gasteiger partial charge in [-0.3, -0.25) is 4.90 Å². The van der Waals surface area contributed by atoms with Crippen LogP contribution in [0.1, 0.15) is 11.6 Å². The van der Waals surface area contributed by atoms with Crippen LogP contribution in [0, 0.1) is 0 Å². The van der Waals surface area contributed by atoms with E-state index in [1.54, 1.807) is 6.20 Å². The van der Waals surface area contributed by atoms with E-state index in [2.05, 4.69) is 31.1 Å². The number of nitrogens with zero attached hydrogens (tertiary/aromatic N) is 2. The molecule has 2 heterocycles. The largest absolute Gasteiger partial charge is 0.314 e. The maximum absolute atomic E-state index is 13.1. The molecule has 0 unspecified atom stereocenters. The van der Waals surface area contributed by atoms with Gasteiger partial charge in [-0.1, -0.05) is 6.07 Å². The van der Waals surface area contributed by atoms with Crippen LogP contribution in [0.15, 0.2) is 22.9 Å². The van der Waals surface area contributed by atoms with Gasteiger partial charge in [-0.25, -0.2) is 9.37 Å². The number of halogens is 4. The molecule has 1 aromatic heterocycles. The molecule has 0 amide bonds. The number of alkyl halides is 1. The molecule has 0 aliphatic carbocycles. The van der Waals surface area contributed by atoms with Crippen molar-refractivity contribution < 1.29 is 4.39 Å². The number of aromatic nitrogens is 1. The van der Waals surface area contributed by atoms with E-state index in [1.807, 2.05) is 12.1 Å². The third-order valence-electron chi connectivity index (χ3n) is 2.87. The van der Waals surface area contributed by atoms with Crippen LogP contribution in [0.2, 0.25) is 0 Å². The molecule has 0 bridgehead atoms. The molecule has 0 radical (unpaired) electrons. The molecule has 2 rings (SSSR count). The van der Waals surface area contributed by atoms with Gasteiger partial charge < -0.3 is 5.32 Å². The molecule has 1 aromatic rings. The highest BCUT2D eigenvalue weighted by Gasteiger charge is 2.22. The summed E-state index contributed by atoms with van der Waals surface area (Å²) in [6.45, 7) is 3.29. The molecular weight excluding hydrogens is 344 g/mol. The van der Waals surface area contributed by atoms with Crippen molar-refractivity contribution in [1.82, 2.24) is 15.2 Å². The summed E-state index contributed by atoms with van der Waals surface area (Å²) >= 11 is 3.28. The van der Waals surface area contributed by atoms with Gasteiger partial charge in [0.25, 0.3) is 0 Å². The van der Waals surface area contributed by atoms with Crippen LogP contribution in [-0.2, 0) is 0 Å². The summed E-state index contributed by atoms with van der Waals surface area (Å²) in [4.78, 5) is 6.32. The van der Waals surface area contributed by atoms with Crippen molar-refractivity contribution in [2.75, 3.05) is 32.9 Å². The van der Waals surface area contributed by atoms with Gasteiger partial charge in [-0.15, -0.1) is 24.8 Å². The van der Waals surface area contributed by atoms with E-state index >= 15 is 0 Å². The zero-order chi connectivity index (χ0) is 11.4. The average Bonchev–Trinajstić information content (AvgIpc) is 2.34. The zero-order valence-electron chi connectivity index (χ0n) is 9.81. The van der Waals surface area contributed by atoms with Crippen LogP contribution in [0.4, 0.5) is 4.39 Å². The number of hydrogen-bond donors (Lipinski definition) is 1. The number of hydrogen-bond acceptors (Lipinski definition) is 3. The van der Waals surface area contributed by atoms with Crippen molar-refractivity contribution in [2.24, 2.45) is 0 Å². The lowest BCUT2D eigenvalue weighted by molar-refractivity contribution is 0.147. The standard InChI is InChI=1S/C11H15BrFN3.2ClH/c12-11-2-1-9(8-15-11)10(7-13)16-5-3-14-4-6-16;;/h1-2,8,10,14H,3-7H2;2*1H/t10-;;/m1../s1. The highest BCUT2D eigenvalue weighted by atomic mass is 79.9. The van der Waals surface area contributed by atoms with E-state index in [9.17, 15) is 4.39 Å². The molecule has 0 spiro atoms. The Hall–Kier alpha value is 0.0600. The minimum atomic E-state index is -0.358. The van der Waals surface area contributed by atoms with Gasteiger partial charge in [0.2, 0.25) is 0 Å². The Morgan fingerprint density at radius 3 is 2.50 bits per heavy atom. The molecule has 1 aliphatic heterocycles. The third-order valence-corrected chi connectivity index (χ3v) is 3.34. The molecule has 1 saturated heterocycles. The number of pyridine rings is 1. The Morgan fingerprint density at radius 1 is 1.33 bits per heavy atom. The van der Waals surface area contributed by atoms with Crippen molar-refractivity contribution in [3.63, 3.8) is 0 Å². The lowest BCUT2D eigenvalue weighted by Crippen LogP contribution is -2.45. The highest BCUT2D eigenvalue weighted by Crippen LogP contribution is 2.22. The van der Waals surface area contributed by atoms with Gasteiger partial charge in [0.05, 0.1) is 6.04 Å². The summed E-state index contributed by atoms with van der Waals surface area (Å²) in [6.07, 6.45) is 1.75. The summed E-state index contributed by atoms with van der Waals surface area (Å²) in [5.74, 6) is 0. The van der Waals surface area contributed by atoms with Crippen LogP contribution in [-0.4, -0.2) is 42.7 Å². The van der Waals surface area contributed by atoms with Crippen molar-refractivity contribution in [3.8, 4) is 0 Å². The number of nitrogens with one attached hydrogen (secondary N) is 1. The summed E-state index contributed by atoms with van der Waals surface area (Å²) in [5, 5.41) is 3.27. The molecule has 1 N–H and O–H groups in total. The summed E-state index contributed by atoms with van der Waals surface area (Å²) in [5.41, 5.74) is 0.951. The van der Waals surface area contributed by atoms with Crippen LogP contribution in [0.5, 0.6) is 0 Å². The lowest BCUT2D eigenvalue weighted by Gasteiger charge is -2.33. The lowest BCUT2D eigenvalue weighted by atomic mass is 10.1. The van der Waals surface area contributed by atoms with E-state index in [0.29, 0.717) is 0 Å². The second-order valence-corrected chi connectivity index (χ2v) is 4.68. The molecule has 0 aromatic carbocycles. The first kappa shape index (κ1) is 18.1. The van der Waals surface area contributed by atoms with Crippen LogP contribution < -0.4 is 5.32 Å². The predicted octanol–water partition coefficient (Wildman–Crippen LogP) is 2.60. The van der Waals surface area contributed by atoms with Crippen LogP contribution >= 0.6 is 40.7 Å². The number of piperazine rings is 1. The molecule has 1 atom stereocenters. The zero-order valence-corrected chi connectivity index (χ0v) is 13.0. The average molecular weight is 361 g/mol. The fourth-order valence-electron chi connectivity index (χ4n) is 1.98. The maximum Gasteiger partial charge on any atom is 0.109 e. The van der Waals surface area contributed by atoms with Crippen molar-refractivity contribution in [3.05, 3.63) is 28.5 Å². The second kappa shape index (κ2) is 9.04. The van der Waals surface area contributed by atoms with Gasteiger partial charge in [0.15, 0.2) is 0 Å². The normalized spacial score (nSPS) is 17.4.